The van der Waals surface area contributed by atoms with Crippen LogP contribution in [0, 0.1) is 0 Å². The first-order chi connectivity index (χ1) is 6.88. The maximum Gasteiger partial charge on any atom is 0.191 e. The van der Waals surface area contributed by atoms with Gasteiger partial charge >= 0.3 is 0 Å². The summed E-state index contributed by atoms with van der Waals surface area (Å²) in [7, 11) is 0. The minimum absolute atomic E-state index is 0.0805. The molecule has 0 bridgehead atoms. The number of carbonyl (C=O) groups excluding carboxylic acids is 1. The molecule has 1 saturated heterocycles. The van der Waals surface area contributed by atoms with Crippen LogP contribution in [0.4, 0.5) is 0 Å². The molecule has 0 saturated carbocycles. The van der Waals surface area contributed by atoms with Crippen molar-refractivity contribution < 1.29 is 14.3 Å². The second kappa shape index (κ2) is 4.57. The lowest BCUT2D eigenvalue weighted by Crippen LogP contribution is -2.43. The van der Waals surface area contributed by atoms with Gasteiger partial charge in [-0.2, -0.15) is 0 Å². The molecule has 2 aliphatic heterocycles. The summed E-state index contributed by atoms with van der Waals surface area (Å²) in [6.07, 6.45) is 3.02. The van der Waals surface area contributed by atoms with E-state index in [1.807, 2.05) is 0 Å². The molecule has 78 valence electrons. The summed E-state index contributed by atoms with van der Waals surface area (Å²) >= 11 is 0. The zero-order valence-electron chi connectivity index (χ0n) is 8.12. The fourth-order valence-electron chi connectivity index (χ4n) is 1.69. The first-order valence-corrected chi connectivity index (χ1v) is 5.05. The third-order valence-corrected chi connectivity index (χ3v) is 2.47. The topological polar surface area (TPSA) is 47.6 Å². The first-order valence-electron chi connectivity index (χ1n) is 5.05. The van der Waals surface area contributed by atoms with Crippen LogP contribution >= 0.6 is 0 Å². The lowest BCUT2D eigenvalue weighted by molar-refractivity contribution is -0.128. The zero-order chi connectivity index (χ0) is 9.80. The summed E-state index contributed by atoms with van der Waals surface area (Å²) in [5.41, 5.74) is 0.768. The highest BCUT2D eigenvalue weighted by Gasteiger charge is 2.25. The normalized spacial score (nSPS) is 27.7. The van der Waals surface area contributed by atoms with Crippen LogP contribution in [0.1, 0.15) is 12.8 Å². The Kier molecular flexibility index (Phi) is 3.16. The van der Waals surface area contributed by atoms with Crippen molar-refractivity contribution in [1.29, 1.82) is 0 Å². The van der Waals surface area contributed by atoms with Gasteiger partial charge in [0.2, 0.25) is 0 Å². The summed E-state index contributed by atoms with van der Waals surface area (Å²) in [4.78, 5) is 11.8. The van der Waals surface area contributed by atoms with Crippen molar-refractivity contribution in [1.82, 2.24) is 5.32 Å². The summed E-state index contributed by atoms with van der Waals surface area (Å²) in [6, 6.07) is 0. The van der Waals surface area contributed by atoms with Crippen LogP contribution in [0.5, 0.6) is 0 Å². The summed E-state index contributed by atoms with van der Waals surface area (Å²) in [5, 5.41) is 3.14. The number of hydrogen-bond acceptors (Lipinski definition) is 4. The van der Waals surface area contributed by atoms with Crippen LogP contribution in [0.25, 0.3) is 0 Å². The van der Waals surface area contributed by atoms with Gasteiger partial charge in [-0.25, -0.2) is 0 Å². The zero-order valence-corrected chi connectivity index (χ0v) is 8.12. The average molecular weight is 197 g/mol. The van der Waals surface area contributed by atoms with Crippen LogP contribution < -0.4 is 5.32 Å². The van der Waals surface area contributed by atoms with Gasteiger partial charge in [0.25, 0.3) is 0 Å². The van der Waals surface area contributed by atoms with E-state index in [9.17, 15) is 4.79 Å². The smallest absolute Gasteiger partial charge is 0.191 e. The van der Waals surface area contributed by atoms with E-state index in [4.69, 9.17) is 9.47 Å². The molecule has 1 unspecified atom stereocenters. The molecule has 4 heteroatoms. The maximum absolute atomic E-state index is 11.8. The van der Waals surface area contributed by atoms with Crippen molar-refractivity contribution in [2.75, 3.05) is 26.3 Å². The number of ether oxygens (including phenoxy) is 2. The van der Waals surface area contributed by atoms with Crippen LogP contribution in [0.3, 0.4) is 0 Å². The lowest BCUT2D eigenvalue weighted by atomic mass is 10.0. The van der Waals surface area contributed by atoms with Crippen LogP contribution in [0.15, 0.2) is 11.8 Å². The highest BCUT2D eigenvalue weighted by molar-refractivity contribution is 5.98. The Bertz CT molecular complexity index is 244. The van der Waals surface area contributed by atoms with E-state index >= 15 is 0 Å². The number of morpholine rings is 1. The van der Waals surface area contributed by atoms with Gasteiger partial charge in [0.15, 0.2) is 5.78 Å². The largest absolute Gasteiger partial charge is 0.501 e. The van der Waals surface area contributed by atoms with Gasteiger partial charge in [-0.05, 0) is 12.8 Å². The minimum Gasteiger partial charge on any atom is -0.501 e. The van der Waals surface area contributed by atoms with Crippen LogP contribution in [-0.4, -0.2) is 38.2 Å². The van der Waals surface area contributed by atoms with E-state index in [0.29, 0.717) is 13.2 Å². The Labute approximate surface area is 83.3 Å². The third-order valence-electron chi connectivity index (χ3n) is 2.47. The molecule has 2 rings (SSSR count). The standard InChI is InChI=1S/C10H15NO3/c12-10(8-2-1-4-13-7-8)9-6-11-3-5-14-9/h7,9,11H,1-6H2. The van der Waals surface area contributed by atoms with E-state index in [2.05, 4.69) is 5.32 Å². The van der Waals surface area contributed by atoms with E-state index in [-0.39, 0.29) is 11.9 Å². The molecule has 0 amide bonds. The van der Waals surface area contributed by atoms with E-state index in [0.717, 1.165) is 31.6 Å². The van der Waals surface area contributed by atoms with Crippen molar-refractivity contribution in [3.05, 3.63) is 11.8 Å². The van der Waals surface area contributed by atoms with Crippen molar-refractivity contribution >= 4 is 5.78 Å². The molecule has 14 heavy (non-hydrogen) atoms. The summed E-state index contributed by atoms with van der Waals surface area (Å²) in [6.45, 7) is 2.79. The molecule has 1 N–H and O–H groups in total. The van der Waals surface area contributed by atoms with Crippen molar-refractivity contribution in [2.24, 2.45) is 0 Å². The van der Waals surface area contributed by atoms with E-state index < -0.39 is 0 Å². The Hall–Kier alpha value is -0.870. The highest BCUT2D eigenvalue weighted by atomic mass is 16.5. The number of rotatable bonds is 2. The molecular formula is C10H15NO3. The molecule has 0 aromatic heterocycles. The van der Waals surface area contributed by atoms with Crippen molar-refractivity contribution in [3.63, 3.8) is 0 Å². The predicted molar refractivity (Wildman–Crippen MR) is 50.9 cm³/mol. The van der Waals surface area contributed by atoms with E-state index in [1.54, 1.807) is 6.26 Å². The van der Waals surface area contributed by atoms with Gasteiger partial charge in [0.1, 0.15) is 6.10 Å². The number of Topliss-reactive ketones (excluding diaryl/α,β-unsaturated/α-hetero) is 1. The third kappa shape index (κ3) is 2.13. The molecule has 2 aliphatic rings. The first kappa shape index (κ1) is 9.68. The molecule has 0 spiro atoms. The molecular weight excluding hydrogens is 182 g/mol. The number of ketones is 1. The molecule has 2 heterocycles. The van der Waals surface area contributed by atoms with Crippen molar-refractivity contribution in [2.45, 2.75) is 18.9 Å². The van der Waals surface area contributed by atoms with Crippen LogP contribution in [-0.2, 0) is 14.3 Å². The Morgan fingerprint density at radius 2 is 2.43 bits per heavy atom. The van der Waals surface area contributed by atoms with Gasteiger partial charge in [-0.3, -0.25) is 4.79 Å². The summed E-state index contributed by atoms with van der Waals surface area (Å²) < 4.78 is 10.5. The SMILES string of the molecule is O=C(C1=COCCC1)C1CNCCO1. The Morgan fingerprint density at radius 1 is 1.50 bits per heavy atom. The Balaban J connectivity index is 1.95. The second-order valence-corrected chi connectivity index (χ2v) is 3.55. The van der Waals surface area contributed by atoms with Crippen molar-refractivity contribution in [3.8, 4) is 0 Å². The lowest BCUT2D eigenvalue weighted by Gasteiger charge is -2.24. The highest BCUT2D eigenvalue weighted by Crippen LogP contribution is 2.15. The van der Waals surface area contributed by atoms with Crippen LogP contribution in [0.2, 0.25) is 0 Å². The predicted octanol–water partition coefficient (Wildman–Crippen LogP) is 0.238. The number of nitrogens with one attached hydrogen (secondary N) is 1. The molecule has 0 aliphatic carbocycles. The fraction of sp³-hybridized carbons (Fsp3) is 0.700. The molecule has 1 fully saturated rings. The van der Waals surface area contributed by atoms with E-state index in [1.165, 1.54) is 0 Å². The molecule has 0 radical (unpaired) electrons. The molecule has 4 nitrogen and oxygen atoms in total. The summed E-state index contributed by atoms with van der Waals surface area (Å²) in [5.74, 6) is 0.0805. The quantitative estimate of drug-likeness (QED) is 0.688. The van der Waals surface area contributed by atoms with Gasteiger partial charge in [-0.1, -0.05) is 0 Å². The second-order valence-electron chi connectivity index (χ2n) is 3.55. The minimum atomic E-state index is -0.309. The number of carbonyl (C=O) groups is 1. The Morgan fingerprint density at radius 3 is 3.07 bits per heavy atom. The van der Waals surface area contributed by atoms with Gasteiger partial charge < -0.3 is 14.8 Å². The van der Waals surface area contributed by atoms with Gasteiger partial charge in [-0.15, -0.1) is 0 Å². The van der Waals surface area contributed by atoms with Gasteiger partial charge in [0.05, 0.1) is 19.5 Å². The monoisotopic (exact) mass is 197 g/mol. The molecule has 0 aromatic carbocycles. The van der Waals surface area contributed by atoms with Gasteiger partial charge in [0, 0.05) is 18.7 Å². The number of hydrogen-bond donors (Lipinski definition) is 1. The fourth-order valence-corrected chi connectivity index (χ4v) is 1.69. The molecule has 1 atom stereocenters. The maximum atomic E-state index is 11.8. The average Bonchev–Trinajstić information content (AvgIpc) is 2.30. The molecule has 0 aromatic rings.